The summed E-state index contributed by atoms with van der Waals surface area (Å²) in [4.78, 5) is 0. The smallest absolute Gasteiger partial charge is 0.386 e. The minimum atomic E-state index is -0.498. The van der Waals surface area contributed by atoms with Crippen molar-refractivity contribution in [1.29, 1.82) is 0 Å². The van der Waals surface area contributed by atoms with Crippen molar-refractivity contribution in [1.82, 2.24) is 0 Å². The van der Waals surface area contributed by atoms with Crippen molar-refractivity contribution in [2.75, 3.05) is 19.8 Å². The Balaban J connectivity index is 4.60. The molecule has 0 radical (unpaired) electrons. The molecule has 3 unspecified atom stereocenters. The lowest BCUT2D eigenvalue weighted by Gasteiger charge is -2.23. The van der Waals surface area contributed by atoms with Crippen LogP contribution in [0.15, 0.2) is 0 Å². The van der Waals surface area contributed by atoms with Gasteiger partial charge in [-0.1, -0.05) is 99.3 Å². The molecule has 0 amide bonds. The Labute approximate surface area is 177 Å². The van der Waals surface area contributed by atoms with Crippen LogP contribution in [0.4, 0.5) is 0 Å². The topological polar surface area (TPSA) is 27.7 Å². The molecule has 3 atom stereocenters. The fourth-order valence-electron chi connectivity index (χ4n) is 3.48. The van der Waals surface area contributed by atoms with Crippen LogP contribution in [-0.2, 0) is 14.0 Å². The van der Waals surface area contributed by atoms with Crippen molar-refractivity contribution >= 4 is 7.32 Å². The van der Waals surface area contributed by atoms with Crippen molar-refractivity contribution in [3.8, 4) is 0 Å². The van der Waals surface area contributed by atoms with Crippen LogP contribution in [0.3, 0.4) is 0 Å². The van der Waals surface area contributed by atoms with Crippen molar-refractivity contribution in [2.45, 2.75) is 119 Å². The van der Waals surface area contributed by atoms with Gasteiger partial charge in [0.1, 0.15) is 0 Å². The second kappa shape index (κ2) is 20.2. The zero-order valence-electron chi connectivity index (χ0n) is 20.1. The average Bonchev–Trinajstić information content (AvgIpc) is 2.73. The van der Waals surface area contributed by atoms with E-state index in [1.54, 1.807) is 0 Å². The Morgan fingerprint density at radius 1 is 0.500 bits per heavy atom. The summed E-state index contributed by atoms with van der Waals surface area (Å²) >= 11 is 0. The first-order valence-corrected chi connectivity index (χ1v) is 12.5. The van der Waals surface area contributed by atoms with Gasteiger partial charge in [0.15, 0.2) is 0 Å². The van der Waals surface area contributed by atoms with Gasteiger partial charge in [-0.25, -0.2) is 0 Å². The highest BCUT2D eigenvalue weighted by molar-refractivity contribution is 6.36. The van der Waals surface area contributed by atoms with E-state index >= 15 is 0 Å². The molecule has 0 heterocycles. The second-order valence-electron chi connectivity index (χ2n) is 8.54. The summed E-state index contributed by atoms with van der Waals surface area (Å²) in [7, 11) is -0.498. The summed E-state index contributed by atoms with van der Waals surface area (Å²) < 4.78 is 18.4. The normalized spacial score (nSPS) is 14.8. The van der Waals surface area contributed by atoms with Gasteiger partial charge in [0.05, 0.1) is 0 Å². The molecule has 0 aromatic rings. The van der Waals surface area contributed by atoms with Crippen LogP contribution in [0, 0.1) is 17.8 Å². The quantitative estimate of drug-likeness (QED) is 0.186. The van der Waals surface area contributed by atoms with Crippen LogP contribution in [0.2, 0.25) is 0 Å². The van der Waals surface area contributed by atoms with E-state index < -0.39 is 7.32 Å². The molecule has 3 nitrogen and oxygen atoms in total. The van der Waals surface area contributed by atoms with E-state index in [0.29, 0.717) is 17.8 Å². The molecule has 168 valence electrons. The largest absolute Gasteiger partial charge is 0.639 e. The van der Waals surface area contributed by atoms with Crippen LogP contribution >= 0.6 is 0 Å². The summed E-state index contributed by atoms with van der Waals surface area (Å²) in [5.74, 6) is 1.83. The van der Waals surface area contributed by atoms with Crippen LogP contribution in [0.1, 0.15) is 119 Å². The lowest BCUT2D eigenvalue weighted by Crippen LogP contribution is -2.33. The molecule has 0 rings (SSSR count). The highest BCUT2D eigenvalue weighted by Gasteiger charge is 2.25. The van der Waals surface area contributed by atoms with E-state index in [-0.39, 0.29) is 0 Å². The second-order valence-corrected chi connectivity index (χ2v) is 8.54. The van der Waals surface area contributed by atoms with Crippen LogP contribution < -0.4 is 0 Å². The van der Waals surface area contributed by atoms with Crippen LogP contribution in [-0.4, -0.2) is 27.1 Å². The Morgan fingerprint density at radius 2 is 0.786 bits per heavy atom. The molecule has 0 aromatic heterocycles. The fourth-order valence-corrected chi connectivity index (χ4v) is 3.48. The van der Waals surface area contributed by atoms with Gasteiger partial charge in [0.2, 0.25) is 0 Å². The minimum absolute atomic E-state index is 0.498. The average molecular weight is 398 g/mol. The monoisotopic (exact) mass is 398 g/mol. The Morgan fingerprint density at radius 3 is 1.00 bits per heavy atom. The Bertz CT molecular complexity index is 267. The van der Waals surface area contributed by atoms with Gasteiger partial charge in [0.25, 0.3) is 0 Å². The third-order valence-corrected chi connectivity index (χ3v) is 6.03. The lowest BCUT2D eigenvalue weighted by molar-refractivity contribution is 0.0534. The maximum Gasteiger partial charge on any atom is 0.639 e. The van der Waals surface area contributed by atoms with Gasteiger partial charge in [-0.2, -0.15) is 0 Å². The zero-order valence-corrected chi connectivity index (χ0v) is 20.1. The highest BCUT2D eigenvalue weighted by atomic mass is 16.7. The molecule has 0 aromatic carbocycles. The first kappa shape index (κ1) is 27.9. The molecule has 4 heteroatoms. The molecule has 0 saturated carbocycles. The number of rotatable bonds is 21. The van der Waals surface area contributed by atoms with Gasteiger partial charge < -0.3 is 14.0 Å². The summed E-state index contributed by atoms with van der Waals surface area (Å²) in [6.45, 7) is 15.8. The molecule has 0 spiro atoms. The van der Waals surface area contributed by atoms with E-state index in [1.807, 2.05) is 0 Å². The summed E-state index contributed by atoms with van der Waals surface area (Å²) in [5.41, 5.74) is 0. The highest BCUT2D eigenvalue weighted by Crippen LogP contribution is 2.18. The van der Waals surface area contributed by atoms with Gasteiger partial charge in [0, 0.05) is 19.8 Å². The van der Waals surface area contributed by atoms with Crippen molar-refractivity contribution in [3.05, 3.63) is 0 Å². The minimum Gasteiger partial charge on any atom is -0.386 e. The zero-order chi connectivity index (χ0) is 21.0. The van der Waals surface area contributed by atoms with E-state index in [4.69, 9.17) is 14.0 Å². The van der Waals surface area contributed by atoms with Gasteiger partial charge in [-0.05, 0) is 37.0 Å². The SMILES string of the molecule is CCCCC(CC)COB(OCC(CC)CCCC)OCC(CC)CCCC. The molecular weight excluding hydrogens is 347 g/mol. The maximum atomic E-state index is 6.15. The van der Waals surface area contributed by atoms with Crippen molar-refractivity contribution < 1.29 is 14.0 Å². The molecule has 0 aliphatic carbocycles. The summed E-state index contributed by atoms with van der Waals surface area (Å²) in [5, 5.41) is 0. The van der Waals surface area contributed by atoms with Crippen LogP contribution in [0.25, 0.3) is 0 Å². The molecule has 0 aliphatic rings. The fraction of sp³-hybridized carbons (Fsp3) is 1.00. The van der Waals surface area contributed by atoms with Gasteiger partial charge >= 0.3 is 7.32 Å². The third-order valence-electron chi connectivity index (χ3n) is 6.03. The third kappa shape index (κ3) is 14.9. The number of unbranched alkanes of at least 4 members (excludes halogenated alkanes) is 3. The predicted octanol–water partition coefficient (Wildman–Crippen LogP) is 7.67. The number of hydrogen-bond acceptors (Lipinski definition) is 3. The van der Waals surface area contributed by atoms with Crippen molar-refractivity contribution in [2.24, 2.45) is 17.8 Å². The van der Waals surface area contributed by atoms with E-state index in [9.17, 15) is 0 Å². The van der Waals surface area contributed by atoms with Crippen molar-refractivity contribution in [3.63, 3.8) is 0 Å². The maximum absolute atomic E-state index is 6.15. The molecule has 0 bridgehead atoms. The van der Waals surface area contributed by atoms with Crippen LogP contribution in [0.5, 0.6) is 0 Å². The summed E-state index contributed by atoms with van der Waals surface area (Å²) in [6.07, 6.45) is 14.8. The van der Waals surface area contributed by atoms with E-state index in [1.165, 1.54) is 57.8 Å². The first-order valence-electron chi connectivity index (χ1n) is 12.5. The Hall–Kier alpha value is -0.0551. The van der Waals surface area contributed by atoms with E-state index in [2.05, 4.69) is 41.5 Å². The molecular formula is C24H51BO3. The van der Waals surface area contributed by atoms with Gasteiger partial charge in [-0.3, -0.25) is 0 Å². The predicted molar refractivity (Wildman–Crippen MR) is 124 cm³/mol. The van der Waals surface area contributed by atoms with Gasteiger partial charge in [-0.15, -0.1) is 0 Å². The molecule has 0 aliphatic heterocycles. The summed E-state index contributed by atoms with van der Waals surface area (Å²) in [6, 6.07) is 0. The molecule has 0 fully saturated rings. The lowest BCUT2D eigenvalue weighted by atomic mass is 9.98. The molecule has 28 heavy (non-hydrogen) atoms. The van der Waals surface area contributed by atoms with E-state index in [0.717, 1.165) is 39.1 Å². The first-order chi connectivity index (χ1) is 13.6. The standard InChI is InChI=1S/C24H51BO3/c1-7-13-16-22(10-4)19-26-25(27-20-23(11-5)17-14-8-2)28-21-24(12-6)18-15-9-3/h22-24H,7-21H2,1-6H3. The molecule has 0 N–H and O–H groups in total. The Kier molecular flexibility index (Phi) is 20.2. The number of hydrogen-bond donors (Lipinski definition) is 0. The molecule has 0 saturated heterocycles.